The molecule has 0 aromatic rings. The summed E-state index contributed by atoms with van der Waals surface area (Å²) in [5.74, 6) is 1.90. The number of esters is 1. The Morgan fingerprint density at radius 1 is 0.853 bits per heavy atom. The molecule has 0 aliphatic heterocycles. The molecule has 3 fully saturated rings. The van der Waals surface area contributed by atoms with Gasteiger partial charge in [-0.2, -0.15) is 0 Å². The second-order valence-electron chi connectivity index (χ2n) is 13.3. The molecule has 0 saturated heterocycles. The lowest BCUT2D eigenvalue weighted by atomic mass is 9.42. The summed E-state index contributed by atoms with van der Waals surface area (Å²) in [5.41, 5.74) is 5.17. The summed E-state index contributed by atoms with van der Waals surface area (Å²) in [7, 11) is 0. The Balaban J connectivity index is 1.66. The van der Waals surface area contributed by atoms with Crippen molar-refractivity contribution >= 4 is 5.97 Å². The van der Waals surface area contributed by atoms with Gasteiger partial charge >= 0.3 is 5.97 Å². The Morgan fingerprint density at radius 3 is 2.15 bits per heavy atom. The number of rotatable bonds is 8. The Kier molecular flexibility index (Phi) is 8.31. The van der Waals surface area contributed by atoms with E-state index in [1.165, 1.54) is 55.2 Å². The first-order chi connectivity index (χ1) is 15.8. The van der Waals surface area contributed by atoms with Crippen molar-refractivity contribution in [2.24, 2.45) is 34.0 Å². The van der Waals surface area contributed by atoms with Crippen LogP contribution in [-0.4, -0.2) is 12.1 Å². The standard InChI is InChI=1S/C32H52O2/c1-22(2)12-10-13-23(3)14-11-15-24(4)26-16-17-28-31(26,8)20-18-27-30(6,7)29(34-25(5)33)19-21-32(27,28)9/h12,14,26-29H,4,10-11,13,15-21H2,1-3,5-9H3/b23-14+/t26-,27+,28+,29+,31+,32+/m1/s1. The van der Waals surface area contributed by atoms with Crippen molar-refractivity contribution in [3.05, 3.63) is 35.5 Å². The summed E-state index contributed by atoms with van der Waals surface area (Å²) in [4.78, 5) is 11.8. The Bertz CT molecular complexity index is 826. The minimum atomic E-state index is -0.124. The molecule has 192 valence electrons. The van der Waals surface area contributed by atoms with Crippen molar-refractivity contribution in [2.75, 3.05) is 0 Å². The molecule has 3 saturated carbocycles. The lowest BCUT2D eigenvalue weighted by Gasteiger charge is -2.63. The summed E-state index contributed by atoms with van der Waals surface area (Å²) < 4.78 is 5.83. The van der Waals surface area contributed by atoms with Crippen LogP contribution in [0.25, 0.3) is 0 Å². The maximum atomic E-state index is 11.8. The molecule has 3 aliphatic rings. The molecule has 0 heterocycles. The molecule has 0 spiro atoms. The van der Waals surface area contributed by atoms with Gasteiger partial charge in [-0.3, -0.25) is 4.79 Å². The summed E-state index contributed by atoms with van der Waals surface area (Å²) in [6.07, 6.45) is 16.8. The monoisotopic (exact) mass is 468 g/mol. The van der Waals surface area contributed by atoms with Gasteiger partial charge < -0.3 is 4.74 Å². The summed E-state index contributed by atoms with van der Waals surface area (Å²) in [6, 6.07) is 0. The lowest BCUT2D eigenvalue weighted by Crippen LogP contribution is -2.58. The minimum Gasteiger partial charge on any atom is -0.462 e. The molecule has 0 bridgehead atoms. The average Bonchev–Trinajstić information content (AvgIpc) is 3.08. The van der Waals surface area contributed by atoms with Gasteiger partial charge in [-0.05, 0) is 114 Å². The number of carbonyl (C=O) groups excluding carboxylic acids is 1. The van der Waals surface area contributed by atoms with Crippen LogP contribution in [0.1, 0.15) is 120 Å². The molecule has 2 nitrogen and oxygen atoms in total. The number of ether oxygens (including phenoxy) is 1. The van der Waals surface area contributed by atoms with Crippen molar-refractivity contribution in [1.82, 2.24) is 0 Å². The van der Waals surface area contributed by atoms with Crippen LogP contribution in [0.3, 0.4) is 0 Å². The van der Waals surface area contributed by atoms with E-state index in [1.54, 1.807) is 6.92 Å². The second-order valence-corrected chi connectivity index (χ2v) is 13.3. The fourth-order valence-electron chi connectivity index (χ4n) is 8.75. The molecule has 34 heavy (non-hydrogen) atoms. The number of hydrogen-bond donors (Lipinski definition) is 0. The van der Waals surface area contributed by atoms with Crippen molar-refractivity contribution in [3.63, 3.8) is 0 Å². The Morgan fingerprint density at radius 2 is 1.50 bits per heavy atom. The van der Waals surface area contributed by atoms with Crippen LogP contribution in [0.5, 0.6) is 0 Å². The third-order valence-electron chi connectivity index (χ3n) is 10.4. The van der Waals surface area contributed by atoms with E-state index in [9.17, 15) is 4.79 Å². The van der Waals surface area contributed by atoms with E-state index in [-0.39, 0.29) is 17.5 Å². The molecule has 0 N–H and O–H groups in total. The summed E-state index contributed by atoms with van der Waals surface area (Å²) in [5, 5.41) is 0. The quantitative estimate of drug-likeness (QED) is 0.262. The first-order valence-electron chi connectivity index (χ1n) is 14.0. The smallest absolute Gasteiger partial charge is 0.302 e. The van der Waals surface area contributed by atoms with Crippen LogP contribution in [0.2, 0.25) is 0 Å². The van der Waals surface area contributed by atoms with Crippen molar-refractivity contribution in [1.29, 1.82) is 0 Å². The van der Waals surface area contributed by atoms with Crippen LogP contribution in [0, 0.1) is 34.0 Å². The molecular weight excluding hydrogens is 416 g/mol. The van der Waals surface area contributed by atoms with E-state index < -0.39 is 0 Å². The summed E-state index contributed by atoms with van der Waals surface area (Å²) in [6.45, 7) is 22.8. The van der Waals surface area contributed by atoms with E-state index in [0.29, 0.717) is 22.7 Å². The molecule has 0 aromatic carbocycles. The highest BCUT2D eigenvalue weighted by molar-refractivity contribution is 5.66. The number of hydrogen-bond acceptors (Lipinski definition) is 2. The first kappa shape index (κ1) is 27.3. The number of allylic oxidation sites excluding steroid dienone is 5. The second kappa shape index (κ2) is 10.4. The normalized spacial score (nSPS) is 36.9. The highest BCUT2D eigenvalue weighted by Gasteiger charge is 2.64. The van der Waals surface area contributed by atoms with Crippen LogP contribution in [0.15, 0.2) is 35.5 Å². The Labute approximate surface area is 210 Å². The SMILES string of the molecule is C=C(CC/C=C(\C)CCC=C(C)C)[C@H]1CC[C@H]2[C@@]1(C)CC[C@H]1C(C)(C)[C@@H](OC(C)=O)CC[C@]21C. The van der Waals surface area contributed by atoms with Crippen LogP contribution in [-0.2, 0) is 9.53 Å². The fourth-order valence-corrected chi connectivity index (χ4v) is 8.75. The zero-order chi connectivity index (χ0) is 25.3. The Hall–Kier alpha value is -1.31. The third kappa shape index (κ3) is 5.26. The topological polar surface area (TPSA) is 26.3 Å². The van der Waals surface area contributed by atoms with Gasteiger partial charge in [-0.25, -0.2) is 0 Å². The van der Waals surface area contributed by atoms with Gasteiger partial charge in [0.15, 0.2) is 0 Å². The van der Waals surface area contributed by atoms with Crippen LogP contribution in [0.4, 0.5) is 0 Å². The van der Waals surface area contributed by atoms with Gasteiger partial charge in [-0.15, -0.1) is 0 Å². The minimum absolute atomic E-state index is 0.0446. The summed E-state index contributed by atoms with van der Waals surface area (Å²) >= 11 is 0. The van der Waals surface area contributed by atoms with E-state index in [1.807, 2.05) is 0 Å². The predicted octanol–water partition coefficient (Wildman–Crippen LogP) is 9.22. The molecule has 6 atom stereocenters. The van der Waals surface area contributed by atoms with Gasteiger partial charge in [0.1, 0.15) is 6.10 Å². The number of carbonyl (C=O) groups is 1. The van der Waals surface area contributed by atoms with Gasteiger partial charge in [-0.1, -0.05) is 63.1 Å². The van der Waals surface area contributed by atoms with E-state index in [0.717, 1.165) is 31.6 Å². The predicted molar refractivity (Wildman–Crippen MR) is 145 cm³/mol. The molecule has 2 heteroatoms. The maximum Gasteiger partial charge on any atom is 0.302 e. The van der Waals surface area contributed by atoms with Gasteiger partial charge in [0.25, 0.3) is 0 Å². The first-order valence-corrected chi connectivity index (χ1v) is 14.0. The molecule has 0 unspecified atom stereocenters. The molecule has 0 amide bonds. The van der Waals surface area contributed by atoms with Crippen LogP contribution < -0.4 is 0 Å². The fraction of sp³-hybridized carbons (Fsp3) is 0.781. The van der Waals surface area contributed by atoms with Crippen molar-refractivity contribution in [2.45, 2.75) is 126 Å². The molecular formula is C32H52O2. The maximum absolute atomic E-state index is 11.8. The average molecular weight is 469 g/mol. The van der Waals surface area contributed by atoms with Gasteiger partial charge in [0.2, 0.25) is 0 Å². The van der Waals surface area contributed by atoms with Crippen LogP contribution >= 0.6 is 0 Å². The largest absolute Gasteiger partial charge is 0.462 e. The molecule has 3 rings (SSSR count). The zero-order valence-corrected chi connectivity index (χ0v) is 23.6. The molecule has 0 aromatic heterocycles. The molecule has 3 aliphatic carbocycles. The zero-order valence-electron chi connectivity index (χ0n) is 23.6. The van der Waals surface area contributed by atoms with Gasteiger partial charge in [0.05, 0.1) is 0 Å². The third-order valence-corrected chi connectivity index (χ3v) is 10.4. The van der Waals surface area contributed by atoms with Crippen molar-refractivity contribution < 1.29 is 9.53 Å². The van der Waals surface area contributed by atoms with Crippen molar-refractivity contribution in [3.8, 4) is 0 Å². The number of fused-ring (bicyclic) bond motifs is 3. The van der Waals surface area contributed by atoms with E-state index in [2.05, 4.69) is 67.2 Å². The highest BCUT2D eigenvalue weighted by Crippen LogP contribution is 2.70. The highest BCUT2D eigenvalue weighted by atomic mass is 16.5. The molecule has 0 radical (unpaired) electrons. The van der Waals surface area contributed by atoms with Gasteiger partial charge in [0, 0.05) is 12.3 Å². The lowest BCUT2D eigenvalue weighted by molar-refractivity contribution is -0.189. The van der Waals surface area contributed by atoms with E-state index >= 15 is 0 Å². The van der Waals surface area contributed by atoms with E-state index in [4.69, 9.17) is 4.74 Å².